The van der Waals surface area contributed by atoms with Gasteiger partial charge in [0, 0.05) is 5.56 Å². The first-order valence-corrected chi connectivity index (χ1v) is 6.06. The van der Waals surface area contributed by atoms with E-state index in [1.807, 2.05) is 6.92 Å². The zero-order valence-corrected chi connectivity index (χ0v) is 11.1. The maximum Gasteiger partial charge on any atom is 0.274 e. The van der Waals surface area contributed by atoms with E-state index in [1.54, 1.807) is 12.1 Å². The third-order valence-electron chi connectivity index (χ3n) is 2.75. The molecule has 2 aromatic carbocycles. The van der Waals surface area contributed by atoms with Crippen LogP contribution in [0.25, 0.3) is 0 Å². The summed E-state index contributed by atoms with van der Waals surface area (Å²) in [5, 5.41) is 13.2. The molecule has 0 spiro atoms. The van der Waals surface area contributed by atoms with Crippen molar-refractivity contribution in [3.8, 4) is 5.75 Å². The highest BCUT2D eigenvalue weighted by Gasteiger charge is 2.14. The number of carbonyl (C=O) groups excluding carboxylic acids is 1. The van der Waals surface area contributed by atoms with Crippen LogP contribution in [0, 0.1) is 18.6 Å². The Morgan fingerprint density at radius 3 is 2.81 bits per heavy atom. The van der Waals surface area contributed by atoms with Crippen LogP contribution in [0.2, 0.25) is 0 Å². The lowest BCUT2D eigenvalue weighted by molar-refractivity contribution is 0.0950. The highest BCUT2D eigenvalue weighted by Crippen LogP contribution is 2.16. The number of carbonyl (C=O) groups is 1. The van der Waals surface area contributed by atoms with Crippen molar-refractivity contribution in [2.75, 3.05) is 0 Å². The number of hydrogen-bond donors (Lipinski definition) is 2. The van der Waals surface area contributed by atoms with Gasteiger partial charge in [-0.2, -0.15) is 5.10 Å². The maximum absolute atomic E-state index is 13.4. The van der Waals surface area contributed by atoms with Crippen molar-refractivity contribution in [1.82, 2.24) is 5.43 Å². The molecule has 1 amide bonds. The van der Waals surface area contributed by atoms with Crippen LogP contribution in [0.15, 0.2) is 41.5 Å². The molecule has 2 aromatic rings. The monoisotopic (exact) mass is 290 g/mol. The third kappa shape index (κ3) is 3.42. The maximum atomic E-state index is 13.4. The quantitative estimate of drug-likeness (QED) is 0.674. The average molecular weight is 290 g/mol. The number of phenolic OH excluding ortho intramolecular Hbond substituents is 1. The molecule has 0 saturated heterocycles. The molecular formula is C15H12F2N2O2. The zero-order valence-electron chi connectivity index (χ0n) is 11.1. The van der Waals surface area contributed by atoms with E-state index in [0.717, 1.165) is 17.7 Å². The van der Waals surface area contributed by atoms with Crippen LogP contribution in [0.5, 0.6) is 5.75 Å². The molecule has 0 heterocycles. The zero-order chi connectivity index (χ0) is 15.4. The molecule has 0 aliphatic heterocycles. The first-order chi connectivity index (χ1) is 9.99. The lowest BCUT2D eigenvalue weighted by Crippen LogP contribution is -2.19. The fourth-order valence-corrected chi connectivity index (χ4v) is 1.68. The van der Waals surface area contributed by atoms with Gasteiger partial charge >= 0.3 is 0 Å². The van der Waals surface area contributed by atoms with E-state index in [9.17, 15) is 18.7 Å². The number of phenols is 1. The first kappa shape index (κ1) is 14.6. The van der Waals surface area contributed by atoms with Gasteiger partial charge in [-0.05, 0) is 31.2 Å². The molecule has 108 valence electrons. The summed E-state index contributed by atoms with van der Waals surface area (Å²) >= 11 is 0. The number of nitrogens with one attached hydrogen (secondary N) is 1. The second kappa shape index (κ2) is 6.13. The molecule has 0 aliphatic carbocycles. The van der Waals surface area contributed by atoms with Crippen LogP contribution in [-0.2, 0) is 0 Å². The average Bonchev–Trinajstić information content (AvgIpc) is 2.45. The number of aromatic hydroxyl groups is 1. The van der Waals surface area contributed by atoms with Crippen molar-refractivity contribution in [1.29, 1.82) is 0 Å². The predicted octanol–water partition coefficient (Wildman–Crippen LogP) is 2.74. The Kier molecular flexibility index (Phi) is 4.27. The molecule has 0 aromatic heterocycles. The van der Waals surface area contributed by atoms with Crippen LogP contribution in [-0.4, -0.2) is 17.2 Å². The molecule has 0 unspecified atom stereocenters. The fourth-order valence-electron chi connectivity index (χ4n) is 1.68. The number of hydrogen-bond acceptors (Lipinski definition) is 3. The van der Waals surface area contributed by atoms with Gasteiger partial charge in [-0.3, -0.25) is 4.79 Å². The van der Waals surface area contributed by atoms with Gasteiger partial charge in [0.1, 0.15) is 5.75 Å². The number of benzene rings is 2. The standard InChI is InChI=1S/C15H12F2N2O2/c1-9-5-6-13(20)10(7-9)8-18-19-15(21)11-3-2-4-12(16)14(11)17/h2-8,20H,1H3,(H,19,21)/b18-8+. The molecule has 0 radical (unpaired) electrons. The largest absolute Gasteiger partial charge is 0.507 e. The van der Waals surface area contributed by atoms with E-state index < -0.39 is 23.1 Å². The van der Waals surface area contributed by atoms with E-state index in [4.69, 9.17) is 0 Å². The molecule has 2 N–H and O–H groups in total. The summed E-state index contributed by atoms with van der Waals surface area (Å²) in [5.41, 5.74) is 2.93. The van der Waals surface area contributed by atoms with Gasteiger partial charge in [0.2, 0.25) is 0 Å². The Hall–Kier alpha value is -2.76. The lowest BCUT2D eigenvalue weighted by atomic mass is 10.1. The lowest BCUT2D eigenvalue weighted by Gasteiger charge is -2.03. The van der Waals surface area contributed by atoms with Crippen LogP contribution in [0.1, 0.15) is 21.5 Å². The van der Waals surface area contributed by atoms with Crippen molar-refractivity contribution in [2.24, 2.45) is 5.10 Å². The van der Waals surface area contributed by atoms with E-state index >= 15 is 0 Å². The van der Waals surface area contributed by atoms with E-state index in [1.165, 1.54) is 18.3 Å². The van der Waals surface area contributed by atoms with Crippen LogP contribution >= 0.6 is 0 Å². The summed E-state index contributed by atoms with van der Waals surface area (Å²) in [5.74, 6) is -3.22. The van der Waals surface area contributed by atoms with Crippen molar-refractivity contribution < 1.29 is 18.7 Å². The summed E-state index contributed by atoms with van der Waals surface area (Å²) in [6.45, 7) is 1.83. The van der Waals surface area contributed by atoms with Crippen molar-refractivity contribution in [3.05, 3.63) is 64.7 Å². The fraction of sp³-hybridized carbons (Fsp3) is 0.0667. The topological polar surface area (TPSA) is 61.7 Å². The van der Waals surface area contributed by atoms with Gasteiger partial charge in [0.05, 0.1) is 11.8 Å². The number of hydrazone groups is 1. The van der Waals surface area contributed by atoms with Crippen LogP contribution in [0.3, 0.4) is 0 Å². The van der Waals surface area contributed by atoms with Crippen molar-refractivity contribution >= 4 is 12.1 Å². The minimum Gasteiger partial charge on any atom is -0.507 e. The molecule has 0 aliphatic rings. The normalized spacial score (nSPS) is 10.8. The summed E-state index contributed by atoms with van der Waals surface area (Å²) in [4.78, 5) is 11.7. The number of halogens is 2. The molecule has 0 saturated carbocycles. The number of rotatable bonds is 3. The molecule has 21 heavy (non-hydrogen) atoms. The Bertz CT molecular complexity index is 715. The van der Waals surface area contributed by atoms with Crippen molar-refractivity contribution in [2.45, 2.75) is 6.92 Å². The van der Waals surface area contributed by atoms with Crippen LogP contribution in [0.4, 0.5) is 8.78 Å². The second-order valence-electron chi connectivity index (χ2n) is 4.36. The van der Waals surface area contributed by atoms with E-state index in [0.29, 0.717) is 5.56 Å². The molecule has 4 nitrogen and oxygen atoms in total. The predicted molar refractivity (Wildman–Crippen MR) is 74.3 cm³/mol. The first-order valence-electron chi connectivity index (χ1n) is 6.06. The minimum atomic E-state index is -1.23. The SMILES string of the molecule is Cc1ccc(O)c(/C=N/NC(=O)c2cccc(F)c2F)c1. The summed E-state index contributed by atoms with van der Waals surface area (Å²) < 4.78 is 26.4. The minimum absolute atomic E-state index is 0.00413. The van der Waals surface area contributed by atoms with Crippen molar-refractivity contribution in [3.63, 3.8) is 0 Å². The number of aryl methyl sites for hydroxylation is 1. The highest BCUT2D eigenvalue weighted by molar-refractivity contribution is 5.95. The van der Waals surface area contributed by atoms with E-state index in [-0.39, 0.29) is 5.75 Å². The van der Waals surface area contributed by atoms with Gasteiger partial charge in [0.25, 0.3) is 5.91 Å². The Morgan fingerprint density at radius 2 is 2.05 bits per heavy atom. The molecular weight excluding hydrogens is 278 g/mol. The summed E-state index contributed by atoms with van der Waals surface area (Å²) in [6.07, 6.45) is 1.22. The Labute approximate surface area is 119 Å². The summed E-state index contributed by atoms with van der Waals surface area (Å²) in [7, 11) is 0. The highest BCUT2D eigenvalue weighted by atomic mass is 19.2. The van der Waals surface area contributed by atoms with Crippen LogP contribution < -0.4 is 5.43 Å². The van der Waals surface area contributed by atoms with Gasteiger partial charge in [0.15, 0.2) is 11.6 Å². The second-order valence-corrected chi connectivity index (χ2v) is 4.36. The van der Waals surface area contributed by atoms with Gasteiger partial charge < -0.3 is 5.11 Å². The van der Waals surface area contributed by atoms with Gasteiger partial charge in [-0.15, -0.1) is 0 Å². The molecule has 0 fully saturated rings. The number of nitrogens with zero attached hydrogens (tertiary/aromatic N) is 1. The molecule has 2 rings (SSSR count). The number of amides is 1. The molecule has 0 atom stereocenters. The third-order valence-corrected chi connectivity index (χ3v) is 2.75. The Morgan fingerprint density at radius 1 is 1.29 bits per heavy atom. The smallest absolute Gasteiger partial charge is 0.274 e. The molecule has 0 bridgehead atoms. The summed E-state index contributed by atoms with van der Waals surface area (Å²) in [6, 6.07) is 8.16. The van der Waals surface area contributed by atoms with Gasteiger partial charge in [-0.1, -0.05) is 17.7 Å². The Balaban J connectivity index is 2.12. The van der Waals surface area contributed by atoms with Gasteiger partial charge in [-0.25, -0.2) is 14.2 Å². The molecule has 6 heteroatoms. The van der Waals surface area contributed by atoms with E-state index in [2.05, 4.69) is 10.5 Å².